The van der Waals surface area contributed by atoms with Crippen molar-refractivity contribution in [2.75, 3.05) is 27.2 Å². The molecule has 0 aromatic carbocycles. The van der Waals surface area contributed by atoms with Crippen molar-refractivity contribution in [3.8, 4) is 0 Å². The van der Waals surface area contributed by atoms with Gasteiger partial charge in [0.15, 0.2) is 0 Å². The number of thiol groups is 1. The third kappa shape index (κ3) is 7.11. The van der Waals surface area contributed by atoms with E-state index < -0.39 is 0 Å². The second-order valence-corrected chi connectivity index (χ2v) is 6.22. The fraction of sp³-hybridized carbons (Fsp3) is 1.00. The van der Waals surface area contributed by atoms with Crippen LogP contribution in [0.3, 0.4) is 0 Å². The van der Waals surface area contributed by atoms with Crippen LogP contribution in [0.4, 0.5) is 0 Å². The summed E-state index contributed by atoms with van der Waals surface area (Å²) in [6.07, 6.45) is 0. The molecule has 56 valence electrons. The molecule has 0 aromatic rings. The largest absolute Gasteiger partial charge is 0.308 e. The number of hydrogen-bond donors (Lipinski definition) is 0. The van der Waals surface area contributed by atoms with Gasteiger partial charge in [0.05, 0.1) is 0 Å². The zero-order valence-corrected chi connectivity index (χ0v) is 11.2. The van der Waals surface area contributed by atoms with Crippen LogP contribution in [0.15, 0.2) is 0 Å². The van der Waals surface area contributed by atoms with Crippen molar-refractivity contribution in [3.05, 3.63) is 0 Å². The molecule has 0 bridgehead atoms. The Kier molecular flexibility index (Phi) is 6.77. The average molecular weight is 277 g/mol. The molecule has 0 fully saturated rings. The van der Waals surface area contributed by atoms with E-state index in [1.807, 2.05) is 0 Å². The molecule has 0 radical (unpaired) electrons. The number of likely N-dealkylation sites (N-methyl/N-ethyl adjacent to an activating group) is 1. The average Bonchev–Trinajstić information content (AvgIpc) is 1.83. The molecule has 2 nitrogen and oxygen atoms in total. The SMILES string of the molecule is CN(C)CCN([SiH3])[SH+]I. The third-order valence-electron chi connectivity index (χ3n) is 1.000. The number of nitrogens with zero attached hydrogens (tertiary/aromatic N) is 2. The lowest BCUT2D eigenvalue weighted by atomic mass is 10.6. The van der Waals surface area contributed by atoms with Gasteiger partial charge in [-0.25, -0.2) is 0 Å². The van der Waals surface area contributed by atoms with Crippen LogP contribution in [0, 0.1) is 0 Å². The summed E-state index contributed by atoms with van der Waals surface area (Å²) in [6.45, 7) is 2.39. The lowest BCUT2D eigenvalue weighted by molar-refractivity contribution is 0.395. The minimum Gasteiger partial charge on any atom is -0.308 e. The third-order valence-corrected chi connectivity index (χ3v) is 7.16. The first-order valence-corrected chi connectivity index (χ1v) is 7.37. The van der Waals surface area contributed by atoms with Crippen molar-refractivity contribution in [3.63, 3.8) is 0 Å². The first-order valence-electron chi connectivity index (χ1n) is 2.84. The zero-order chi connectivity index (χ0) is 7.28. The van der Waals surface area contributed by atoms with Gasteiger partial charge in [-0.3, -0.25) is 0 Å². The molecule has 0 aliphatic heterocycles. The van der Waals surface area contributed by atoms with Crippen LogP contribution in [0.5, 0.6) is 0 Å². The molecule has 0 atom stereocenters. The predicted octanol–water partition coefficient (Wildman–Crippen LogP) is -0.790. The van der Waals surface area contributed by atoms with Crippen LogP contribution in [0.2, 0.25) is 0 Å². The summed E-state index contributed by atoms with van der Waals surface area (Å²) in [5, 5.41) is 0. The van der Waals surface area contributed by atoms with Gasteiger partial charge in [-0.2, -0.15) is 3.97 Å². The summed E-state index contributed by atoms with van der Waals surface area (Å²) in [6, 6.07) is 0. The Balaban J connectivity index is 3.06. The minimum absolute atomic E-state index is 1.18. The van der Waals surface area contributed by atoms with Crippen LogP contribution in [0.25, 0.3) is 0 Å². The molecular formula is C4H14IN2SSi+. The quantitative estimate of drug-likeness (QED) is 0.288. The van der Waals surface area contributed by atoms with Crippen molar-refractivity contribution in [2.45, 2.75) is 0 Å². The van der Waals surface area contributed by atoms with E-state index in [-0.39, 0.29) is 0 Å². The molecule has 0 saturated carbocycles. The van der Waals surface area contributed by atoms with E-state index in [2.05, 4.69) is 44.2 Å². The van der Waals surface area contributed by atoms with E-state index in [1.165, 1.54) is 32.6 Å². The maximum Gasteiger partial charge on any atom is 0.272 e. The zero-order valence-electron chi connectivity index (χ0n) is 6.13. The molecule has 0 spiro atoms. The monoisotopic (exact) mass is 277 g/mol. The van der Waals surface area contributed by atoms with Gasteiger partial charge in [-0.05, 0) is 14.1 Å². The number of rotatable bonds is 4. The van der Waals surface area contributed by atoms with Gasteiger partial charge in [0.1, 0.15) is 19.5 Å². The van der Waals surface area contributed by atoms with Crippen LogP contribution < -0.4 is 0 Å². The molecular weight excluding hydrogens is 263 g/mol. The first kappa shape index (κ1) is 10.2. The highest BCUT2D eigenvalue weighted by Crippen LogP contribution is 1.92. The maximum absolute atomic E-state index is 2.40. The molecule has 0 unspecified atom stereocenters. The Morgan fingerprint density at radius 1 is 1.44 bits per heavy atom. The molecule has 0 aliphatic rings. The van der Waals surface area contributed by atoms with Crippen LogP contribution in [-0.2, 0) is 9.12 Å². The fourth-order valence-electron chi connectivity index (χ4n) is 0.383. The molecule has 0 rings (SSSR count). The van der Waals surface area contributed by atoms with E-state index in [1.54, 1.807) is 0 Å². The highest BCUT2D eigenvalue weighted by molar-refractivity contribution is 14.2. The van der Waals surface area contributed by atoms with E-state index >= 15 is 0 Å². The second kappa shape index (κ2) is 5.96. The number of hydrogen-bond acceptors (Lipinski definition) is 2. The molecule has 0 heterocycles. The van der Waals surface area contributed by atoms with E-state index in [9.17, 15) is 0 Å². The second-order valence-electron chi connectivity index (χ2n) is 2.26. The summed E-state index contributed by atoms with van der Waals surface area (Å²) in [5.74, 6) is 0. The molecule has 0 amide bonds. The summed E-state index contributed by atoms with van der Waals surface area (Å²) >= 11 is 2.37. The van der Waals surface area contributed by atoms with Crippen molar-refractivity contribution < 1.29 is 0 Å². The van der Waals surface area contributed by atoms with Gasteiger partial charge in [0.25, 0.3) is 21.2 Å². The smallest absolute Gasteiger partial charge is 0.272 e. The molecule has 9 heavy (non-hydrogen) atoms. The van der Waals surface area contributed by atoms with E-state index in [4.69, 9.17) is 0 Å². The normalized spacial score (nSPS) is 11.7. The van der Waals surface area contributed by atoms with Gasteiger partial charge in [-0.1, -0.05) is 0 Å². The minimum atomic E-state index is 1.18. The Hall–Kier alpha value is 1.22. The van der Waals surface area contributed by atoms with Crippen molar-refractivity contribution in [1.82, 2.24) is 8.87 Å². The van der Waals surface area contributed by atoms with Gasteiger partial charge >= 0.3 is 0 Å². The van der Waals surface area contributed by atoms with Crippen molar-refractivity contribution >= 4 is 40.7 Å². The summed E-state index contributed by atoms with van der Waals surface area (Å²) in [5.41, 5.74) is 0. The molecule has 0 saturated heterocycles. The summed E-state index contributed by atoms with van der Waals surface area (Å²) < 4.78 is 2.40. The Bertz CT molecular complexity index is 73.6. The van der Waals surface area contributed by atoms with E-state index in [0.717, 1.165) is 0 Å². The van der Waals surface area contributed by atoms with Gasteiger partial charge in [-0.15, -0.1) is 0 Å². The topological polar surface area (TPSA) is 6.48 Å². The van der Waals surface area contributed by atoms with E-state index in [0.29, 0.717) is 0 Å². The highest BCUT2D eigenvalue weighted by Gasteiger charge is 2.01. The lowest BCUT2D eigenvalue weighted by Gasteiger charge is -2.10. The van der Waals surface area contributed by atoms with Crippen LogP contribution >= 0.6 is 21.2 Å². The molecule has 0 N–H and O–H groups in total. The molecule has 0 aromatic heterocycles. The Labute approximate surface area is 76.6 Å². The maximum atomic E-state index is 2.40. The van der Waals surface area contributed by atoms with Crippen molar-refractivity contribution in [2.24, 2.45) is 0 Å². The molecule has 5 heteroatoms. The standard InChI is InChI=1S/C4H13IN2SSi/c1-6(2)3-4-7(9)8-5/h3-4H2,1-2,9H3/p+1. The van der Waals surface area contributed by atoms with Gasteiger partial charge in [0.2, 0.25) is 0 Å². The Morgan fingerprint density at radius 3 is 2.33 bits per heavy atom. The first-order chi connectivity index (χ1) is 4.16. The predicted molar refractivity (Wildman–Crippen MR) is 58.0 cm³/mol. The van der Waals surface area contributed by atoms with Gasteiger partial charge in [0, 0.05) is 13.1 Å². The van der Waals surface area contributed by atoms with Gasteiger partial charge < -0.3 is 4.90 Å². The lowest BCUT2D eigenvalue weighted by Crippen LogP contribution is -2.27. The summed E-state index contributed by atoms with van der Waals surface area (Å²) in [7, 11) is 6.79. The molecule has 0 aliphatic carbocycles. The van der Waals surface area contributed by atoms with Crippen molar-refractivity contribution in [1.29, 1.82) is 0 Å². The fourth-order valence-corrected chi connectivity index (χ4v) is 1.39. The summed E-state index contributed by atoms with van der Waals surface area (Å²) in [4.78, 5) is 2.22. The van der Waals surface area contributed by atoms with Crippen LogP contribution in [-0.4, -0.2) is 46.5 Å². The van der Waals surface area contributed by atoms with Crippen LogP contribution in [0.1, 0.15) is 0 Å². The highest BCUT2D eigenvalue weighted by atomic mass is 127. The Morgan fingerprint density at radius 2 is 2.00 bits per heavy atom. The number of halogens is 1.